The van der Waals surface area contributed by atoms with Gasteiger partial charge in [-0.15, -0.1) is 0 Å². The lowest BCUT2D eigenvalue weighted by molar-refractivity contribution is -0.122. The Morgan fingerprint density at radius 2 is 1.90 bits per heavy atom. The summed E-state index contributed by atoms with van der Waals surface area (Å²) in [6.45, 7) is 6.19. The van der Waals surface area contributed by atoms with Gasteiger partial charge in [0.1, 0.15) is 0 Å². The molecule has 6 heteroatoms. The van der Waals surface area contributed by atoms with Crippen LogP contribution in [0.25, 0.3) is 0 Å². The number of nitrogens with zero attached hydrogens (tertiary/aromatic N) is 1. The Bertz CT molecular complexity index is 369. The van der Waals surface area contributed by atoms with Crippen molar-refractivity contribution in [2.45, 2.75) is 64.1 Å². The second-order valence-electron chi connectivity index (χ2n) is 6.44. The molecule has 1 aliphatic heterocycles. The van der Waals surface area contributed by atoms with Crippen molar-refractivity contribution in [3.63, 3.8) is 0 Å². The standard InChI is InChI=1S/C15H28N4O2/c1-11-9-19(12(2)8-16-11)10-14(20)18-15(21)17-13-6-4-3-5-7-13/h11-13,16H,3-10H2,1-2H3,(H2,17,18,20,21). The third kappa shape index (κ3) is 5.28. The molecule has 1 heterocycles. The molecule has 0 bridgehead atoms. The molecular formula is C15H28N4O2. The zero-order valence-electron chi connectivity index (χ0n) is 13.2. The zero-order valence-corrected chi connectivity index (χ0v) is 13.2. The van der Waals surface area contributed by atoms with E-state index in [9.17, 15) is 9.59 Å². The van der Waals surface area contributed by atoms with Crippen molar-refractivity contribution in [3.05, 3.63) is 0 Å². The van der Waals surface area contributed by atoms with Gasteiger partial charge in [0.15, 0.2) is 0 Å². The van der Waals surface area contributed by atoms with Crippen LogP contribution in [0, 0.1) is 0 Å². The van der Waals surface area contributed by atoms with E-state index in [0.717, 1.165) is 38.8 Å². The predicted molar refractivity (Wildman–Crippen MR) is 82.0 cm³/mol. The highest BCUT2D eigenvalue weighted by atomic mass is 16.2. The number of amides is 3. The lowest BCUT2D eigenvalue weighted by Crippen LogP contribution is -2.57. The molecule has 1 saturated carbocycles. The Morgan fingerprint density at radius 1 is 1.19 bits per heavy atom. The van der Waals surface area contributed by atoms with Gasteiger partial charge in [0.25, 0.3) is 0 Å². The predicted octanol–water partition coefficient (Wildman–Crippen LogP) is 0.827. The van der Waals surface area contributed by atoms with E-state index in [2.05, 4.69) is 34.7 Å². The maximum absolute atomic E-state index is 12.0. The Labute approximate surface area is 127 Å². The highest BCUT2D eigenvalue weighted by molar-refractivity contribution is 5.95. The Kier molecular flexibility index (Phi) is 5.99. The van der Waals surface area contributed by atoms with Crippen molar-refractivity contribution in [1.82, 2.24) is 20.9 Å². The van der Waals surface area contributed by atoms with E-state index in [0.29, 0.717) is 12.1 Å². The quantitative estimate of drug-likeness (QED) is 0.721. The Hall–Kier alpha value is -1.14. The highest BCUT2D eigenvalue weighted by Gasteiger charge is 2.25. The summed E-state index contributed by atoms with van der Waals surface area (Å²) in [5, 5.41) is 8.74. The van der Waals surface area contributed by atoms with Crippen LogP contribution in [0.15, 0.2) is 0 Å². The molecule has 3 N–H and O–H groups in total. The minimum Gasteiger partial charge on any atom is -0.335 e. The molecule has 1 aliphatic carbocycles. The van der Waals surface area contributed by atoms with Crippen LogP contribution >= 0.6 is 0 Å². The topological polar surface area (TPSA) is 73.5 Å². The first-order valence-electron chi connectivity index (χ1n) is 8.12. The van der Waals surface area contributed by atoms with E-state index in [1.54, 1.807) is 0 Å². The highest BCUT2D eigenvalue weighted by Crippen LogP contribution is 2.17. The minimum absolute atomic E-state index is 0.218. The van der Waals surface area contributed by atoms with Crippen LogP contribution < -0.4 is 16.0 Å². The third-order valence-electron chi connectivity index (χ3n) is 4.43. The van der Waals surface area contributed by atoms with Gasteiger partial charge in [-0.3, -0.25) is 15.0 Å². The molecule has 2 aliphatic rings. The van der Waals surface area contributed by atoms with Crippen LogP contribution in [-0.4, -0.2) is 54.6 Å². The first-order valence-corrected chi connectivity index (χ1v) is 8.12. The second kappa shape index (κ2) is 7.75. The molecule has 2 fully saturated rings. The smallest absolute Gasteiger partial charge is 0.321 e. The molecule has 6 nitrogen and oxygen atoms in total. The van der Waals surface area contributed by atoms with Gasteiger partial charge < -0.3 is 10.6 Å². The third-order valence-corrected chi connectivity index (χ3v) is 4.43. The molecule has 0 aromatic carbocycles. The maximum atomic E-state index is 12.0. The van der Waals surface area contributed by atoms with Crippen molar-refractivity contribution in [3.8, 4) is 0 Å². The number of hydrogen-bond donors (Lipinski definition) is 3. The van der Waals surface area contributed by atoms with Gasteiger partial charge in [-0.2, -0.15) is 0 Å². The van der Waals surface area contributed by atoms with Gasteiger partial charge in [0, 0.05) is 31.2 Å². The summed E-state index contributed by atoms with van der Waals surface area (Å²) in [7, 11) is 0. The second-order valence-corrected chi connectivity index (χ2v) is 6.44. The fraction of sp³-hybridized carbons (Fsp3) is 0.867. The number of nitrogens with one attached hydrogen (secondary N) is 3. The van der Waals surface area contributed by atoms with E-state index < -0.39 is 0 Å². The zero-order chi connectivity index (χ0) is 15.2. The van der Waals surface area contributed by atoms with E-state index >= 15 is 0 Å². The molecule has 0 aromatic rings. The summed E-state index contributed by atoms with van der Waals surface area (Å²) in [5.74, 6) is -0.218. The lowest BCUT2D eigenvalue weighted by Gasteiger charge is -2.36. The van der Waals surface area contributed by atoms with E-state index in [1.165, 1.54) is 6.42 Å². The summed E-state index contributed by atoms with van der Waals surface area (Å²) in [4.78, 5) is 25.9. The van der Waals surface area contributed by atoms with Crippen molar-refractivity contribution >= 4 is 11.9 Å². The van der Waals surface area contributed by atoms with E-state index in [-0.39, 0.29) is 24.5 Å². The summed E-state index contributed by atoms with van der Waals surface area (Å²) in [5.41, 5.74) is 0. The monoisotopic (exact) mass is 296 g/mol. The average molecular weight is 296 g/mol. The first-order chi connectivity index (χ1) is 10.0. The minimum atomic E-state index is -0.345. The number of rotatable bonds is 3. The largest absolute Gasteiger partial charge is 0.335 e. The molecule has 2 rings (SSSR count). The maximum Gasteiger partial charge on any atom is 0.321 e. The van der Waals surface area contributed by atoms with E-state index in [4.69, 9.17) is 0 Å². The normalized spacial score (nSPS) is 28.1. The van der Waals surface area contributed by atoms with Gasteiger partial charge in [-0.25, -0.2) is 4.79 Å². The number of carbonyl (C=O) groups excluding carboxylic acids is 2. The summed E-state index contributed by atoms with van der Waals surface area (Å²) in [6.07, 6.45) is 5.61. The molecule has 1 saturated heterocycles. The summed E-state index contributed by atoms with van der Waals surface area (Å²) < 4.78 is 0. The average Bonchev–Trinajstić information content (AvgIpc) is 2.43. The molecule has 0 aromatic heterocycles. The van der Waals surface area contributed by atoms with Gasteiger partial charge in [0.05, 0.1) is 6.54 Å². The number of imide groups is 1. The Balaban J connectivity index is 1.71. The molecule has 2 atom stereocenters. The van der Waals surface area contributed by atoms with Crippen molar-refractivity contribution < 1.29 is 9.59 Å². The molecule has 0 spiro atoms. The molecule has 2 unspecified atom stereocenters. The molecule has 21 heavy (non-hydrogen) atoms. The lowest BCUT2D eigenvalue weighted by atomic mass is 9.96. The fourth-order valence-corrected chi connectivity index (χ4v) is 3.14. The summed E-state index contributed by atoms with van der Waals surface area (Å²) >= 11 is 0. The summed E-state index contributed by atoms with van der Waals surface area (Å²) in [6, 6.07) is 0.575. The number of urea groups is 1. The molecule has 3 amide bonds. The van der Waals surface area contributed by atoms with Crippen LogP contribution in [-0.2, 0) is 4.79 Å². The van der Waals surface area contributed by atoms with Gasteiger partial charge in [0.2, 0.25) is 5.91 Å². The molecular weight excluding hydrogens is 268 g/mol. The van der Waals surface area contributed by atoms with Crippen LogP contribution in [0.5, 0.6) is 0 Å². The van der Waals surface area contributed by atoms with Gasteiger partial charge in [-0.1, -0.05) is 19.3 Å². The van der Waals surface area contributed by atoms with Crippen molar-refractivity contribution in [1.29, 1.82) is 0 Å². The van der Waals surface area contributed by atoms with Crippen molar-refractivity contribution in [2.75, 3.05) is 19.6 Å². The van der Waals surface area contributed by atoms with E-state index in [1.807, 2.05) is 0 Å². The van der Waals surface area contributed by atoms with Crippen LogP contribution in [0.4, 0.5) is 4.79 Å². The van der Waals surface area contributed by atoms with Crippen LogP contribution in [0.1, 0.15) is 46.0 Å². The first kappa shape index (κ1) is 16.2. The molecule has 0 radical (unpaired) electrons. The van der Waals surface area contributed by atoms with Gasteiger partial charge >= 0.3 is 6.03 Å². The number of piperazine rings is 1. The van der Waals surface area contributed by atoms with Crippen LogP contribution in [0.3, 0.4) is 0 Å². The SMILES string of the molecule is CC1CN(CC(=O)NC(=O)NC2CCCCC2)C(C)CN1. The molecule has 120 valence electrons. The Morgan fingerprint density at radius 3 is 2.62 bits per heavy atom. The van der Waals surface area contributed by atoms with Crippen LogP contribution in [0.2, 0.25) is 0 Å². The van der Waals surface area contributed by atoms with Crippen molar-refractivity contribution in [2.24, 2.45) is 0 Å². The number of carbonyl (C=O) groups is 2. The number of hydrogen-bond acceptors (Lipinski definition) is 4. The van der Waals surface area contributed by atoms with Gasteiger partial charge in [-0.05, 0) is 26.7 Å². The fourth-order valence-electron chi connectivity index (χ4n) is 3.14.